The maximum absolute atomic E-state index is 13.0. The van der Waals surface area contributed by atoms with Crippen molar-refractivity contribution < 1.29 is 12.8 Å². The number of sulfonamides is 1. The lowest BCUT2D eigenvalue weighted by Gasteiger charge is -2.33. The molecule has 0 amide bonds. The monoisotopic (exact) mass is 314 g/mol. The zero-order valence-electron chi connectivity index (χ0n) is 12.5. The maximum atomic E-state index is 13.0. The van der Waals surface area contributed by atoms with Crippen molar-refractivity contribution in [3.8, 4) is 0 Å². The fraction of sp³-hybridized carbons (Fsp3) is 0.600. The first-order valence-corrected chi connectivity index (χ1v) is 9.21. The Labute approximate surface area is 126 Å². The lowest BCUT2D eigenvalue weighted by molar-refractivity contribution is 0.272. The van der Waals surface area contributed by atoms with E-state index in [4.69, 9.17) is 0 Å². The van der Waals surface area contributed by atoms with Crippen LogP contribution in [0.15, 0.2) is 24.3 Å². The minimum absolute atomic E-state index is 0.181. The van der Waals surface area contributed by atoms with E-state index in [9.17, 15) is 12.8 Å². The van der Waals surface area contributed by atoms with Gasteiger partial charge in [0.1, 0.15) is 5.82 Å². The van der Waals surface area contributed by atoms with Gasteiger partial charge in [-0.25, -0.2) is 17.1 Å². The molecule has 0 radical (unpaired) electrons. The Kier molecular flexibility index (Phi) is 5.35. The highest BCUT2D eigenvalue weighted by atomic mass is 32.2. The summed E-state index contributed by atoms with van der Waals surface area (Å²) in [6, 6.07) is 7.06. The molecule has 1 heterocycles. The molecule has 1 aliphatic heterocycles. The summed E-state index contributed by atoms with van der Waals surface area (Å²) in [7, 11) is -3.08. The average Bonchev–Trinajstić information content (AvgIpc) is 2.45. The van der Waals surface area contributed by atoms with Crippen LogP contribution in [-0.2, 0) is 10.0 Å². The van der Waals surface area contributed by atoms with Crippen molar-refractivity contribution >= 4 is 10.0 Å². The Morgan fingerprint density at radius 3 is 2.33 bits per heavy atom. The smallest absolute Gasteiger partial charge is 0.211 e. The molecule has 0 saturated carbocycles. The first-order chi connectivity index (χ1) is 9.90. The molecule has 1 aromatic carbocycles. The normalized spacial score (nSPS) is 19.6. The van der Waals surface area contributed by atoms with Gasteiger partial charge in [0.25, 0.3) is 0 Å². The van der Waals surface area contributed by atoms with Crippen molar-refractivity contribution in [2.45, 2.75) is 38.3 Å². The lowest BCUT2D eigenvalue weighted by Crippen LogP contribution is -2.45. The Morgan fingerprint density at radius 1 is 1.29 bits per heavy atom. The number of rotatable bonds is 5. The molecule has 2 rings (SSSR count). The molecule has 1 atom stereocenters. The highest BCUT2D eigenvalue weighted by Crippen LogP contribution is 2.21. The van der Waals surface area contributed by atoms with Gasteiger partial charge in [-0.15, -0.1) is 0 Å². The van der Waals surface area contributed by atoms with Crippen LogP contribution in [0.3, 0.4) is 0 Å². The third-order valence-electron chi connectivity index (χ3n) is 4.04. The third kappa shape index (κ3) is 4.49. The molecule has 1 fully saturated rings. The van der Waals surface area contributed by atoms with Crippen molar-refractivity contribution in [1.29, 1.82) is 0 Å². The number of hydrogen-bond acceptors (Lipinski definition) is 3. The molecular formula is C15H23FN2O2S. The summed E-state index contributed by atoms with van der Waals surface area (Å²) in [6.07, 6.45) is 3.79. The summed E-state index contributed by atoms with van der Waals surface area (Å²) in [6.45, 7) is 3.22. The van der Waals surface area contributed by atoms with E-state index in [1.54, 1.807) is 0 Å². The van der Waals surface area contributed by atoms with Gasteiger partial charge in [-0.2, -0.15) is 0 Å². The molecule has 1 unspecified atom stereocenters. The highest BCUT2D eigenvalue weighted by Gasteiger charge is 2.26. The Bertz CT molecular complexity index is 552. The SMILES string of the molecule is CCC(NC1CCN(S(C)(=O)=O)CC1)c1ccc(F)cc1. The molecule has 0 bridgehead atoms. The van der Waals surface area contributed by atoms with Crippen LogP contribution >= 0.6 is 0 Å². The highest BCUT2D eigenvalue weighted by molar-refractivity contribution is 7.88. The van der Waals surface area contributed by atoms with Gasteiger partial charge in [-0.3, -0.25) is 0 Å². The first-order valence-electron chi connectivity index (χ1n) is 7.36. The second-order valence-corrected chi connectivity index (χ2v) is 7.60. The number of benzene rings is 1. The Hall–Kier alpha value is -0.980. The third-order valence-corrected chi connectivity index (χ3v) is 5.34. The van der Waals surface area contributed by atoms with Crippen LogP contribution in [0, 0.1) is 5.82 Å². The topological polar surface area (TPSA) is 49.4 Å². The molecule has 21 heavy (non-hydrogen) atoms. The van der Waals surface area contributed by atoms with E-state index in [2.05, 4.69) is 12.2 Å². The standard InChI is InChI=1S/C15H23FN2O2S/c1-3-15(12-4-6-13(16)7-5-12)17-14-8-10-18(11-9-14)21(2,19)20/h4-7,14-15,17H,3,8-11H2,1-2H3. The summed E-state index contributed by atoms with van der Waals surface area (Å²) in [5.74, 6) is -0.227. The molecule has 118 valence electrons. The van der Waals surface area contributed by atoms with Gasteiger partial charge >= 0.3 is 0 Å². The zero-order valence-corrected chi connectivity index (χ0v) is 13.4. The Morgan fingerprint density at radius 2 is 1.86 bits per heavy atom. The summed E-state index contributed by atoms with van der Waals surface area (Å²) in [4.78, 5) is 0. The van der Waals surface area contributed by atoms with Gasteiger partial charge in [0.05, 0.1) is 6.26 Å². The van der Waals surface area contributed by atoms with Crippen molar-refractivity contribution in [2.75, 3.05) is 19.3 Å². The van der Waals surface area contributed by atoms with E-state index >= 15 is 0 Å². The number of halogens is 1. The van der Waals surface area contributed by atoms with Crippen LogP contribution < -0.4 is 5.32 Å². The molecule has 0 spiro atoms. The van der Waals surface area contributed by atoms with Crippen molar-refractivity contribution in [2.24, 2.45) is 0 Å². The molecule has 1 N–H and O–H groups in total. The van der Waals surface area contributed by atoms with E-state index < -0.39 is 10.0 Å². The minimum atomic E-state index is -3.08. The van der Waals surface area contributed by atoms with Gasteiger partial charge in [0.15, 0.2) is 0 Å². The van der Waals surface area contributed by atoms with Crippen LogP contribution in [0.1, 0.15) is 37.8 Å². The van der Waals surface area contributed by atoms with E-state index in [0.717, 1.165) is 24.8 Å². The van der Waals surface area contributed by atoms with E-state index in [0.29, 0.717) is 19.1 Å². The van der Waals surface area contributed by atoms with Crippen LogP contribution in [0.25, 0.3) is 0 Å². The molecule has 4 nitrogen and oxygen atoms in total. The van der Waals surface area contributed by atoms with Gasteiger partial charge < -0.3 is 5.32 Å². The minimum Gasteiger partial charge on any atom is -0.307 e. The molecule has 1 aliphatic rings. The molecular weight excluding hydrogens is 291 g/mol. The van der Waals surface area contributed by atoms with Gasteiger partial charge in [-0.1, -0.05) is 19.1 Å². The lowest BCUT2D eigenvalue weighted by atomic mass is 10.00. The van der Waals surface area contributed by atoms with E-state index in [-0.39, 0.29) is 11.9 Å². The fourth-order valence-electron chi connectivity index (χ4n) is 2.78. The van der Waals surface area contributed by atoms with Crippen molar-refractivity contribution in [3.05, 3.63) is 35.6 Å². The zero-order chi connectivity index (χ0) is 15.5. The predicted octanol–water partition coefficient (Wildman–Crippen LogP) is 2.29. The second-order valence-electron chi connectivity index (χ2n) is 5.62. The summed E-state index contributed by atoms with van der Waals surface area (Å²) in [5.41, 5.74) is 1.07. The molecule has 0 aliphatic carbocycles. The number of piperidine rings is 1. The summed E-state index contributed by atoms with van der Waals surface area (Å²) >= 11 is 0. The van der Waals surface area contributed by atoms with Crippen LogP contribution in [0.4, 0.5) is 4.39 Å². The predicted molar refractivity (Wildman–Crippen MR) is 82.0 cm³/mol. The number of nitrogens with zero attached hydrogens (tertiary/aromatic N) is 1. The molecule has 1 aromatic rings. The van der Waals surface area contributed by atoms with Crippen LogP contribution in [-0.4, -0.2) is 38.1 Å². The van der Waals surface area contributed by atoms with Gasteiger partial charge in [0, 0.05) is 25.2 Å². The largest absolute Gasteiger partial charge is 0.307 e. The molecule has 0 aromatic heterocycles. The van der Waals surface area contributed by atoms with Crippen molar-refractivity contribution in [3.63, 3.8) is 0 Å². The molecule has 6 heteroatoms. The van der Waals surface area contributed by atoms with Crippen LogP contribution in [0.5, 0.6) is 0 Å². The van der Waals surface area contributed by atoms with E-state index in [1.165, 1.54) is 22.7 Å². The van der Waals surface area contributed by atoms with Crippen molar-refractivity contribution in [1.82, 2.24) is 9.62 Å². The van der Waals surface area contributed by atoms with Crippen LogP contribution in [0.2, 0.25) is 0 Å². The second kappa shape index (κ2) is 6.85. The number of hydrogen-bond donors (Lipinski definition) is 1. The summed E-state index contributed by atoms with van der Waals surface area (Å²) < 4.78 is 37.5. The van der Waals surface area contributed by atoms with Gasteiger partial charge in [-0.05, 0) is 37.0 Å². The maximum Gasteiger partial charge on any atom is 0.211 e. The first kappa shape index (κ1) is 16.4. The fourth-order valence-corrected chi connectivity index (χ4v) is 3.66. The Balaban J connectivity index is 1.93. The number of nitrogens with one attached hydrogen (secondary N) is 1. The van der Waals surface area contributed by atoms with Gasteiger partial charge in [0.2, 0.25) is 10.0 Å². The average molecular weight is 314 g/mol. The van der Waals surface area contributed by atoms with E-state index in [1.807, 2.05) is 12.1 Å². The summed E-state index contributed by atoms with van der Waals surface area (Å²) in [5, 5.41) is 3.57. The molecule has 1 saturated heterocycles. The quantitative estimate of drug-likeness (QED) is 0.907.